The first kappa shape index (κ1) is 24.3. The van der Waals surface area contributed by atoms with Gasteiger partial charge in [-0.1, -0.05) is 6.07 Å². The second-order valence-electron chi connectivity index (χ2n) is 10.5. The van der Waals surface area contributed by atoms with Gasteiger partial charge in [0.2, 0.25) is 0 Å². The van der Waals surface area contributed by atoms with Crippen LogP contribution in [0, 0.1) is 22.7 Å². The summed E-state index contributed by atoms with van der Waals surface area (Å²) in [6.07, 6.45) is 3.50. The van der Waals surface area contributed by atoms with E-state index in [9.17, 15) is 20.1 Å². The predicted octanol–water partition coefficient (Wildman–Crippen LogP) is 4.75. The van der Waals surface area contributed by atoms with E-state index in [1.807, 2.05) is 40.3 Å². The molecule has 2 amide bonds. The number of hydrogen-bond acceptors (Lipinski definition) is 6. The summed E-state index contributed by atoms with van der Waals surface area (Å²) in [6, 6.07) is 14.2. The highest BCUT2D eigenvalue weighted by Gasteiger charge is 2.45. The number of benzene rings is 1. The van der Waals surface area contributed by atoms with Crippen LogP contribution < -0.4 is 10.1 Å². The molecule has 0 spiro atoms. The van der Waals surface area contributed by atoms with Gasteiger partial charge in [-0.15, -0.1) is 11.3 Å². The fraction of sp³-hybridized carbons (Fsp3) is 0.379. The molecule has 1 atom stereocenters. The number of aryl methyl sites for hydroxylation is 1. The molecule has 192 valence electrons. The van der Waals surface area contributed by atoms with E-state index in [1.165, 1.54) is 0 Å². The number of rotatable bonds is 5. The Morgan fingerprint density at radius 3 is 2.50 bits per heavy atom. The van der Waals surface area contributed by atoms with Crippen LogP contribution in [0.3, 0.4) is 0 Å². The molecule has 4 heterocycles. The third-order valence-electron chi connectivity index (χ3n) is 8.31. The van der Waals surface area contributed by atoms with Crippen LogP contribution in [0.1, 0.15) is 59.0 Å². The highest BCUT2D eigenvalue weighted by atomic mass is 32.1. The zero-order valence-electron chi connectivity index (χ0n) is 21.3. The molecule has 2 aromatic heterocycles. The summed E-state index contributed by atoms with van der Waals surface area (Å²) in [5.41, 5.74) is 3.00. The maximum Gasteiger partial charge on any atom is 0.271 e. The normalized spacial score (nSPS) is 20.6. The quantitative estimate of drug-likeness (QED) is 0.517. The molecule has 0 unspecified atom stereocenters. The van der Waals surface area contributed by atoms with Crippen molar-refractivity contribution in [2.24, 2.45) is 0 Å². The number of likely N-dealkylation sites (tertiary alicyclic amines) is 1. The number of thiophene rings is 1. The molecule has 8 nitrogen and oxygen atoms in total. The Morgan fingerprint density at radius 2 is 1.92 bits per heavy atom. The maximum atomic E-state index is 13.7. The first-order valence-electron chi connectivity index (χ1n) is 12.8. The Hall–Kier alpha value is -4.08. The Labute approximate surface area is 225 Å². The van der Waals surface area contributed by atoms with Crippen LogP contribution in [0.5, 0.6) is 5.75 Å². The molecule has 3 aliphatic rings. The van der Waals surface area contributed by atoms with E-state index in [0.29, 0.717) is 55.8 Å². The molecule has 9 heteroatoms. The van der Waals surface area contributed by atoms with Gasteiger partial charge in [0.1, 0.15) is 22.5 Å². The molecule has 0 radical (unpaired) electrons. The number of methoxy groups -OCH3 is 1. The minimum absolute atomic E-state index is 0.153. The lowest BCUT2D eigenvalue weighted by atomic mass is 9.78. The molecule has 0 bridgehead atoms. The van der Waals surface area contributed by atoms with Crippen molar-refractivity contribution < 1.29 is 14.3 Å². The molecule has 6 rings (SSSR count). The van der Waals surface area contributed by atoms with E-state index in [2.05, 4.69) is 17.5 Å². The van der Waals surface area contributed by atoms with Crippen LogP contribution in [-0.4, -0.2) is 46.0 Å². The summed E-state index contributed by atoms with van der Waals surface area (Å²) in [5, 5.41) is 24.3. The number of carbonyl (C=O) groups is 2. The van der Waals surface area contributed by atoms with Gasteiger partial charge in [0.05, 0.1) is 30.5 Å². The minimum Gasteiger partial charge on any atom is -0.496 e. The number of nitriles is 2. The van der Waals surface area contributed by atoms with Crippen molar-refractivity contribution in [1.29, 1.82) is 10.5 Å². The van der Waals surface area contributed by atoms with Crippen molar-refractivity contribution in [3.8, 4) is 39.6 Å². The van der Waals surface area contributed by atoms with Crippen LogP contribution in [0.25, 0.3) is 21.7 Å². The maximum absolute atomic E-state index is 13.7. The summed E-state index contributed by atoms with van der Waals surface area (Å²) >= 11 is 1.59. The molecule has 1 saturated heterocycles. The van der Waals surface area contributed by atoms with E-state index in [-0.39, 0.29) is 11.8 Å². The fourth-order valence-corrected chi connectivity index (χ4v) is 6.46. The van der Waals surface area contributed by atoms with Crippen LogP contribution in [0.2, 0.25) is 0 Å². The number of nitrogens with zero attached hydrogens (tertiary/aromatic N) is 4. The average molecular weight is 526 g/mol. The molecule has 1 aromatic carbocycles. The molecule has 1 N–H and O–H groups in total. The largest absolute Gasteiger partial charge is 0.496 e. The smallest absolute Gasteiger partial charge is 0.271 e. The molecule has 38 heavy (non-hydrogen) atoms. The Balaban J connectivity index is 1.49. The van der Waals surface area contributed by atoms with Gasteiger partial charge in [-0.05, 0) is 67.8 Å². The summed E-state index contributed by atoms with van der Waals surface area (Å²) in [4.78, 5) is 29.8. The number of amides is 2. The Morgan fingerprint density at radius 1 is 1.11 bits per heavy atom. The van der Waals surface area contributed by atoms with Gasteiger partial charge in [0.25, 0.3) is 11.8 Å². The van der Waals surface area contributed by atoms with Gasteiger partial charge in [0, 0.05) is 35.5 Å². The molecule has 1 aliphatic carbocycles. The fourth-order valence-electron chi connectivity index (χ4n) is 5.72. The highest BCUT2D eigenvalue weighted by molar-refractivity contribution is 7.13. The summed E-state index contributed by atoms with van der Waals surface area (Å²) < 4.78 is 7.65. The first-order chi connectivity index (χ1) is 18.3. The Kier molecular flexibility index (Phi) is 5.59. The predicted molar refractivity (Wildman–Crippen MR) is 143 cm³/mol. The third kappa shape index (κ3) is 3.53. The molecule has 1 saturated carbocycles. The number of nitrogens with one attached hydrogen (secondary N) is 1. The minimum atomic E-state index is -0.829. The standard InChI is InChI=1S/C29H27N5O3S/c1-28(16-30)9-11-34(28)27(36)22-15-21(24-5-3-12-38-24)25-19-14-20(26(35)32-29(17-31)7-4-8-29)23(37-2)13-18(19)6-10-33(22)25/h3,5,12-15H,4,6-11H2,1-2H3,(H,32,35)/t28-/m1/s1. The number of carbonyl (C=O) groups excluding carboxylic acids is 2. The molecule has 2 aliphatic heterocycles. The second kappa shape index (κ2) is 8.75. The van der Waals surface area contributed by atoms with Gasteiger partial charge >= 0.3 is 0 Å². The van der Waals surface area contributed by atoms with Crippen molar-refractivity contribution in [1.82, 2.24) is 14.8 Å². The van der Waals surface area contributed by atoms with E-state index < -0.39 is 11.1 Å². The molecule has 2 fully saturated rings. The summed E-state index contributed by atoms with van der Waals surface area (Å²) in [7, 11) is 1.54. The van der Waals surface area contributed by atoms with Crippen molar-refractivity contribution in [2.45, 2.75) is 56.7 Å². The van der Waals surface area contributed by atoms with Gasteiger partial charge in [0.15, 0.2) is 0 Å². The number of ether oxygens (including phenoxy) is 1. The van der Waals surface area contributed by atoms with E-state index in [1.54, 1.807) is 30.3 Å². The van der Waals surface area contributed by atoms with Gasteiger partial charge in [-0.3, -0.25) is 9.59 Å². The lowest BCUT2D eigenvalue weighted by Crippen LogP contribution is -2.59. The van der Waals surface area contributed by atoms with Crippen LogP contribution in [-0.2, 0) is 13.0 Å². The van der Waals surface area contributed by atoms with E-state index in [0.717, 1.165) is 33.7 Å². The van der Waals surface area contributed by atoms with Crippen molar-refractivity contribution in [3.05, 3.63) is 52.5 Å². The molecular formula is C29H27N5O3S. The first-order valence-corrected chi connectivity index (χ1v) is 13.7. The number of aromatic nitrogens is 1. The van der Waals surface area contributed by atoms with Crippen LogP contribution >= 0.6 is 11.3 Å². The van der Waals surface area contributed by atoms with Gasteiger partial charge in [-0.2, -0.15) is 10.5 Å². The van der Waals surface area contributed by atoms with E-state index >= 15 is 0 Å². The number of hydrogen-bond donors (Lipinski definition) is 1. The lowest BCUT2D eigenvalue weighted by Gasteiger charge is -2.45. The van der Waals surface area contributed by atoms with Crippen LogP contribution in [0.15, 0.2) is 35.7 Å². The van der Waals surface area contributed by atoms with Gasteiger partial charge < -0.3 is 19.5 Å². The number of fused-ring (bicyclic) bond motifs is 3. The van der Waals surface area contributed by atoms with Gasteiger partial charge in [-0.25, -0.2) is 0 Å². The topological polar surface area (TPSA) is 111 Å². The van der Waals surface area contributed by atoms with Crippen LogP contribution in [0.4, 0.5) is 0 Å². The average Bonchev–Trinajstić information content (AvgIpc) is 3.57. The van der Waals surface area contributed by atoms with Crippen molar-refractivity contribution in [3.63, 3.8) is 0 Å². The zero-order valence-corrected chi connectivity index (χ0v) is 22.2. The SMILES string of the molecule is COc1cc2c(cc1C(=O)NC1(C#N)CCC1)-c1c(-c3cccs3)cc(C(=O)N3CC[C@]3(C)C#N)n1CC2. The molecular weight excluding hydrogens is 498 g/mol. The Bertz CT molecular complexity index is 1550. The summed E-state index contributed by atoms with van der Waals surface area (Å²) in [5.74, 6) is -0.0258. The second-order valence-corrected chi connectivity index (χ2v) is 11.4. The zero-order chi connectivity index (χ0) is 26.7. The lowest BCUT2D eigenvalue weighted by molar-refractivity contribution is 0.0294. The highest BCUT2D eigenvalue weighted by Crippen LogP contribution is 2.44. The van der Waals surface area contributed by atoms with Crippen molar-refractivity contribution >= 4 is 23.2 Å². The molecule has 3 aromatic rings. The monoisotopic (exact) mass is 525 g/mol. The van der Waals surface area contributed by atoms with Crippen molar-refractivity contribution in [2.75, 3.05) is 13.7 Å². The summed E-state index contributed by atoms with van der Waals surface area (Å²) in [6.45, 7) is 2.95. The third-order valence-corrected chi connectivity index (χ3v) is 9.21. The van der Waals surface area contributed by atoms with E-state index in [4.69, 9.17) is 4.74 Å².